The van der Waals surface area contributed by atoms with Gasteiger partial charge in [0, 0.05) is 50.3 Å². The van der Waals surface area contributed by atoms with Crippen LogP contribution in [-0.4, -0.2) is 55.1 Å². The molecule has 1 aromatic rings. The number of benzene rings is 1. The summed E-state index contributed by atoms with van der Waals surface area (Å²) in [7, 11) is 0. The van der Waals surface area contributed by atoms with Crippen LogP contribution in [0.2, 0.25) is 0 Å². The summed E-state index contributed by atoms with van der Waals surface area (Å²) in [6.45, 7) is 8.07. The molecule has 2 N–H and O–H groups in total. The number of rotatable bonds is 6. The summed E-state index contributed by atoms with van der Waals surface area (Å²) in [4.78, 5) is 27.3. The number of nitrogens with one attached hydrogen (secondary N) is 2. The number of likely N-dealkylation sites (tertiary alicyclic amines) is 1. The van der Waals surface area contributed by atoms with Crippen molar-refractivity contribution >= 4 is 17.6 Å². The molecule has 0 bridgehead atoms. The SMILES string of the molecule is CCN1CCC2(CC1)OC(=O)C(C)=C2C(=O)NCCNc1cc(C)cc(C(F)(F)F)c1. The van der Waals surface area contributed by atoms with E-state index in [0.29, 0.717) is 35.2 Å². The first-order valence-corrected chi connectivity index (χ1v) is 10.4. The summed E-state index contributed by atoms with van der Waals surface area (Å²) >= 11 is 0. The quantitative estimate of drug-likeness (QED) is 0.526. The van der Waals surface area contributed by atoms with Gasteiger partial charge in [-0.2, -0.15) is 13.2 Å². The van der Waals surface area contributed by atoms with Crippen LogP contribution in [0.4, 0.5) is 18.9 Å². The number of hydrogen-bond donors (Lipinski definition) is 2. The Balaban J connectivity index is 1.60. The number of aryl methyl sites for hydroxylation is 1. The summed E-state index contributed by atoms with van der Waals surface area (Å²) in [5, 5.41) is 5.69. The molecule has 0 aliphatic carbocycles. The van der Waals surface area contributed by atoms with Crippen molar-refractivity contribution in [2.45, 2.75) is 45.4 Å². The Kier molecular flexibility index (Phi) is 6.64. The zero-order valence-corrected chi connectivity index (χ0v) is 18.0. The third kappa shape index (κ3) is 5.03. The van der Waals surface area contributed by atoms with Gasteiger partial charge >= 0.3 is 12.1 Å². The van der Waals surface area contributed by atoms with Crippen LogP contribution in [-0.2, 0) is 20.5 Å². The van der Waals surface area contributed by atoms with Crippen LogP contribution in [0.1, 0.15) is 37.8 Å². The molecule has 31 heavy (non-hydrogen) atoms. The third-order valence-corrected chi connectivity index (χ3v) is 5.91. The van der Waals surface area contributed by atoms with Crippen LogP contribution in [0.3, 0.4) is 0 Å². The summed E-state index contributed by atoms with van der Waals surface area (Å²) in [5.41, 5.74) is -0.0829. The van der Waals surface area contributed by atoms with E-state index in [1.54, 1.807) is 19.9 Å². The van der Waals surface area contributed by atoms with Gasteiger partial charge in [0.1, 0.15) is 5.60 Å². The number of carbonyl (C=O) groups excluding carboxylic acids is 2. The number of esters is 1. The molecular weight excluding hydrogens is 411 g/mol. The maximum absolute atomic E-state index is 13.0. The molecule has 0 saturated carbocycles. The number of alkyl halides is 3. The molecule has 1 fully saturated rings. The lowest BCUT2D eigenvalue weighted by Crippen LogP contribution is -2.49. The number of anilines is 1. The Morgan fingerprint density at radius 3 is 2.45 bits per heavy atom. The highest BCUT2D eigenvalue weighted by Crippen LogP contribution is 2.41. The van der Waals surface area contributed by atoms with Crippen LogP contribution in [0.25, 0.3) is 0 Å². The maximum atomic E-state index is 13.0. The zero-order chi connectivity index (χ0) is 22.8. The second-order valence-electron chi connectivity index (χ2n) is 8.09. The Hall–Kier alpha value is -2.55. The van der Waals surface area contributed by atoms with Gasteiger partial charge < -0.3 is 20.3 Å². The Morgan fingerprint density at radius 2 is 1.84 bits per heavy atom. The van der Waals surface area contributed by atoms with Crippen LogP contribution >= 0.6 is 0 Å². The fourth-order valence-corrected chi connectivity index (χ4v) is 4.23. The molecular formula is C22H28F3N3O3. The van der Waals surface area contributed by atoms with E-state index in [4.69, 9.17) is 4.74 Å². The van der Waals surface area contributed by atoms with Crippen molar-refractivity contribution in [3.63, 3.8) is 0 Å². The fraction of sp³-hybridized carbons (Fsp3) is 0.545. The van der Waals surface area contributed by atoms with Gasteiger partial charge in [0.2, 0.25) is 0 Å². The highest BCUT2D eigenvalue weighted by atomic mass is 19.4. The van der Waals surface area contributed by atoms with Gasteiger partial charge in [-0.25, -0.2) is 4.79 Å². The summed E-state index contributed by atoms with van der Waals surface area (Å²) in [5.74, 6) is -0.831. The number of amides is 1. The largest absolute Gasteiger partial charge is 0.450 e. The fourth-order valence-electron chi connectivity index (χ4n) is 4.23. The Labute approximate surface area is 179 Å². The molecule has 2 aliphatic rings. The predicted molar refractivity (Wildman–Crippen MR) is 111 cm³/mol. The Bertz CT molecular complexity index is 888. The first kappa shape index (κ1) is 23.1. The molecule has 0 unspecified atom stereocenters. The van der Waals surface area contributed by atoms with Crippen LogP contribution in [0.5, 0.6) is 0 Å². The molecule has 1 spiro atoms. The highest BCUT2D eigenvalue weighted by molar-refractivity contribution is 6.07. The van der Waals surface area contributed by atoms with Gasteiger partial charge in [-0.15, -0.1) is 0 Å². The molecule has 0 radical (unpaired) electrons. The molecule has 6 nitrogen and oxygen atoms in total. The van der Waals surface area contributed by atoms with Gasteiger partial charge in [-0.1, -0.05) is 6.92 Å². The lowest BCUT2D eigenvalue weighted by Gasteiger charge is -2.39. The van der Waals surface area contributed by atoms with Crippen molar-refractivity contribution in [2.75, 3.05) is 38.0 Å². The molecule has 2 aliphatic heterocycles. The average Bonchev–Trinajstić information content (AvgIpc) is 2.94. The van der Waals surface area contributed by atoms with Gasteiger partial charge in [0.25, 0.3) is 5.91 Å². The van der Waals surface area contributed by atoms with Crippen molar-refractivity contribution in [1.29, 1.82) is 0 Å². The zero-order valence-electron chi connectivity index (χ0n) is 18.0. The minimum absolute atomic E-state index is 0.191. The van der Waals surface area contributed by atoms with Crippen molar-refractivity contribution in [1.82, 2.24) is 10.2 Å². The normalized spacial score (nSPS) is 19.0. The van der Waals surface area contributed by atoms with E-state index in [-0.39, 0.29) is 19.0 Å². The minimum Gasteiger partial charge on any atom is -0.450 e. The average molecular weight is 439 g/mol. The van der Waals surface area contributed by atoms with E-state index in [2.05, 4.69) is 22.5 Å². The van der Waals surface area contributed by atoms with E-state index < -0.39 is 23.3 Å². The van der Waals surface area contributed by atoms with E-state index in [0.717, 1.165) is 31.8 Å². The molecule has 0 atom stereocenters. The summed E-state index contributed by atoms with van der Waals surface area (Å²) in [6, 6.07) is 3.74. The number of hydrogen-bond acceptors (Lipinski definition) is 5. The molecule has 9 heteroatoms. The molecule has 1 saturated heterocycles. The number of nitrogens with zero attached hydrogens (tertiary/aromatic N) is 1. The number of ether oxygens (including phenoxy) is 1. The third-order valence-electron chi connectivity index (χ3n) is 5.91. The van der Waals surface area contributed by atoms with Gasteiger partial charge in [0.05, 0.1) is 11.1 Å². The maximum Gasteiger partial charge on any atom is 0.416 e. The molecule has 2 heterocycles. The van der Waals surface area contributed by atoms with Gasteiger partial charge in [0.15, 0.2) is 0 Å². The van der Waals surface area contributed by atoms with Gasteiger partial charge in [-0.05, 0) is 44.2 Å². The first-order valence-electron chi connectivity index (χ1n) is 10.4. The number of carbonyl (C=O) groups is 2. The standard InChI is InChI=1S/C22H28F3N3O3/c1-4-28-9-5-21(6-10-28)18(15(3)20(30)31-21)19(29)27-8-7-26-17-12-14(2)11-16(13-17)22(23,24)25/h11-13,26H,4-10H2,1-3H3,(H,27,29). The number of halogens is 3. The molecule has 3 rings (SSSR count). The topological polar surface area (TPSA) is 70.7 Å². The van der Waals surface area contributed by atoms with E-state index in [9.17, 15) is 22.8 Å². The molecule has 1 aromatic carbocycles. The van der Waals surface area contributed by atoms with E-state index in [1.165, 1.54) is 0 Å². The van der Waals surface area contributed by atoms with E-state index in [1.807, 2.05) is 0 Å². The Morgan fingerprint density at radius 1 is 1.16 bits per heavy atom. The van der Waals surface area contributed by atoms with Crippen molar-refractivity contribution in [3.05, 3.63) is 40.5 Å². The molecule has 170 valence electrons. The highest BCUT2D eigenvalue weighted by Gasteiger charge is 2.50. The monoisotopic (exact) mass is 439 g/mol. The number of piperidine rings is 1. The van der Waals surface area contributed by atoms with Crippen molar-refractivity contribution in [2.24, 2.45) is 0 Å². The van der Waals surface area contributed by atoms with Crippen LogP contribution < -0.4 is 10.6 Å². The van der Waals surface area contributed by atoms with Crippen molar-refractivity contribution in [3.8, 4) is 0 Å². The second-order valence-corrected chi connectivity index (χ2v) is 8.09. The summed E-state index contributed by atoms with van der Waals surface area (Å²) < 4.78 is 44.6. The van der Waals surface area contributed by atoms with E-state index >= 15 is 0 Å². The second kappa shape index (κ2) is 8.90. The minimum atomic E-state index is -4.42. The summed E-state index contributed by atoms with van der Waals surface area (Å²) in [6.07, 6.45) is -3.29. The predicted octanol–water partition coefficient (Wildman–Crippen LogP) is 3.27. The molecule has 1 amide bonds. The lowest BCUT2D eigenvalue weighted by atomic mass is 9.82. The van der Waals surface area contributed by atoms with Gasteiger partial charge in [-0.3, -0.25) is 4.79 Å². The lowest BCUT2D eigenvalue weighted by molar-refractivity contribution is -0.150. The van der Waals surface area contributed by atoms with Crippen LogP contribution in [0.15, 0.2) is 29.3 Å². The first-order chi connectivity index (χ1) is 14.6. The smallest absolute Gasteiger partial charge is 0.416 e. The van der Waals surface area contributed by atoms with Crippen molar-refractivity contribution < 1.29 is 27.5 Å². The molecule has 0 aromatic heterocycles. The van der Waals surface area contributed by atoms with Crippen LogP contribution in [0, 0.1) is 6.92 Å².